The quantitative estimate of drug-likeness (QED) is 0.449. The van der Waals surface area contributed by atoms with Gasteiger partial charge in [0.25, 0.3) is 0 Å². The van der Waals surface area contributed by atoms with Gasteiger partial charge in [0.05, 0.1) is 0 Å². The van der Waals surface area contributed by atoms with Crippen LogP contribution in [0.2, 0.25) is 0 Å². The van der Waals surface area contributed by atoms with Crippen molar-refractivity contribution in [2.45, 2.75) is 119 Å². The molecule has 1 fully saturated rings. The monoisotopic (exact) mass is 390 g/mol. The molecular formula is C26H46O2. The van der Waals surface area contributed by atoms with Gasteiger partial charge in [-0.05, 0) is 81.0 Å². The third-order valence-electron chi connectivity index (χ3n) is 7.17. The van der Waals surface area contributed by atoms with Crippen LogP contribution < -0.4 is 0 Å². The first-order valence-corrected chi connectivity index (χ1v) is 11.7. The Bertz CT molecular complexity index is 550. The molecule has 0 N–H and O–H groups in total. The normalized spacial score (nSPS) is 23.9. The Morgan fingerprint density at radius 3 is 2.07 bits per heavy atom. The smallest absolute Gasteiger partial charge is 0.334 e. The molecule has 0 aromatic rings. The van der Waals surface area contributed by atoms with Crippen LogP contribution >= 0.6 is 0 Å². The van der Waals surface area contributed by atoms with Gasteiger partial charge in [-0.3, -0.25) is 0 Å². The molecule has 2 aliphatic rings. The average molecular weight is 391 g/mol. The van der Waals surface area contributed by atoms with Gasteiger partial charge in [-0.2, -0.15) is 0 Å². The second-order valence-electron chi connectivity index (χ2n) is 12.3. The van der Waals surface area contributed by atoms with Crippen LogP contribution in [0.25, 0.3) is 0 Å². The largest absolute Gasteiger partial charge is 0.456 e. The zero-order valence-electron chi connectivity index (χ0n) is 20.0. The summed E-state index contributed by atoms with van der Waals surface area (Å²) in [7, 11) is 0. The molecule has 2 atom stereocenters. The lowest BCUT2D eigenvalue weighted by atomic mass is 9.63. The minimum Gasteiger partial charge on any atom is -0.456 e. The summed E-state index contributed by atoms with van der Waals surface area (Å²) >= 11 is 0. The van der Waals surface area contributed by atoms with Gasteiger partial charge in [0, 0.05) is 5.57 Å². The van der Waals surface area contributed by atoms with Crippen molar-refractivity contribution in [1.82, 2.24) is 0 Å². The van der Waals surface area contributed by atoms with E-state index in [1.165, 1.54) is 38.5 Å². The first-order chi connectivity index (χ1) is 12.8. The Morgan fingerprint density at radius 2 is 1.61 bits per heavy atom. The summed E-state index contributed by atoms with van der Waals surface area (Å²) in [6.45, 7) is 18.4. The van der Waals surface area contributed by atoms with E-state index in [4.69, 9.17) is 4.74 Å². The average Bonchev–Trinajstić information content (AvgIpc) is 2.58. The maximum absolute atomic E-state index is 12.9. The molecule has 0 amide bonds. The molecule has 2 heteroatoms. The Kier molecular flexibility index (Phi) is 7.48. The standard InChI is InChI=1S/C26H46O2/c1-24(2,3)18-22(25(4,5)6)19-14-16-20(17-15-19)23(27)28-26(7,8)21-12-10-9-11-13-21/h16,19,21-22H,9-15,17-18H2,1-8H3. The van der Waals surface area contributed by atoms with E-state index >= 15 is 0 Å². The SMILES string of the molecule is CC(C)(C)CC(C1CC=C(C(=O)OC(C)(C)C2CCCCC2)CC1)C(C)(C)C. The van der Waals surface area contributed by atoms with Gasteiger partial charge in [0.15, 0.2) is 0 Å². The van der Waals surface area contributed by atoms with Crippen LogP contribution in [0.5, 0.6) is 0 Å². The van der Waals surface area contributed by atoms with Crippen molar-refractivity contribution in [3.63, 3.8) is 0 Å². The topological polar surface area (TPSA) is 26.3 Å². The third kappa shape index (κ3) is 6.63. The number of ether oxygens (including phenoxy) is 1. The first kappa shape index (κ1) is 23.5. The van der Waals surface area contributed by atoms with Gasteiger partial charge in [-0.25, -0.2) is 4.79 Å². The highest BCUT2D eigenvalue weighted by atomic mass is 16.6. The highest BCUT2D eigenvalue weighted by molar-refractivity contribution is 5.88. The maximum atomic E-state index is 12.9. The summed E-state index contributed by atoms with van der Waals surface area (Å²) in [5.74, 6) is 1.80. The van der Waals surface area contributed by atoms with Gasteiger partial charge in [-0.15, -0.1) is 0 Å². The predicted molar refractivity (Wildman–Crippen MR) is 119 cm³/mol. The summed E-state index contributed by atoms with van der Waals surface area (Å²) < 4.78 is 6.05. The highest BCUT2D eigenvalue weighted by Gasteiger charge is 2.38. The van der Waals surface area contributed by atoms with Crippen LogP contribution in [-0.4, -0.2) is 11.6 Å². The second kappa shape index (κ2) is 8.92. The number of allylic oxidation sites excluding steroid dienone is 1. The van der Waals surface area contributed by atoms with E-state index in [1.807, 2.05) is 0 Å². The summed E-state index contributed by atoms with van der Waals surface area (Å²) in [6, 6.07) is 0. The molecule has 0 saturated heterocycles. The lowest BCUT2D eigenvalue weighted by Crippen LogP contribution is -2.38. The fraction of sp³-hybridized carbons (Fsp3) is 0.885. The molecule has 0 radical (unpaired) electrons. The van der Waals surface area contributed by atoms with Crippen molar-refractivity contribution in [3.8, 4) is 0 Å². The van der Waals surface area contributed by atoms with Gasteiger partial charge >= 0.3 is 5.97 Å². The zero-order valence-corrected chi connectivity index (χ0v) is 20.0. The summed E-state index contributed by atoms with van der Waals surface area (Å²) in [5.41, 5.74) is 1.22. The minimum absolute atomic E-state index is 0.0582. The first-order valence-electron chi connectivity index (χ1n) is 11.7. The predicted octanol–water partition coefficient (Wildman–Crippen LogP) is 7.71. The molecule has 0 aromatic heterocycles. The third-order valence-corrected chi connectivity index (χ3v) is 7.17. The van der Waals surface area contributed by atoms with Crippen molar-refractivity contribution in [1.29, 1.82) is 0 Å². The second-order valence-corrected chi connectivity index (χ2v) is 12.3. The van der Waals surface area contributed by atoms with E-state index in [2.05, 4.69) is 61.5 Å². The van der Waals surface area contributed by atoms with Crippen LogP contribution in [0.15, 0.2) is 11.6 Å². The molecular weight excluding hydrogens is 344 g/mol. The summed E-state index contributed by atoms with van der Waals surface area (Å²) in [4.78, 5) is 12.9. The highest BCUT2D eigenvalue weighted by Crippen LogP contribution is 2.45. The van der Waals surface area contributed by atoms with Gasteiger partial charge in [-0.1, -0.05) is 66.9 Å². The Balaban J connectivity index is 2.00. The lowest BCUT2D eigenvalue weighted by molar-refractivity contribution is -0.158. The number of rotatable bonds is 5. The Morgan fingerprint density at radius 1 is 1.00 bits per heavy atom. The number of esters is 1. The van der Waals surface area contributed by atoms with Crippen LogP contribution in [0.3, 0.4) is 0 Å². The summed E-state index contributed by atoms with van der Waals surface area (Å²) in [5, 5.41) is 0. The van der Waals surface area contributed by atoms with Crippen LogP contribution in [-0.2, 0) is 9.53 Å². The molecule has 0 aromatic carbocycles. The Labute approximate surface area is 174 Å². The zero-order chi connectivity index (χ0) is 21.2. The van der Waals surface area contributed by atoms with Crippen molar-refractivity contribution in [2.24, 2.45) is 28.6 Å². The van der Waals surface area contributed by atoms with Crippen LogP contribution in [0, 0.1) is 28.6 Å². The molecule has 2 nitrogen and oxygen atoms in total. The molecule has 0 bridgehead atoms. The van der Waals surface area contributed by atoms with E-state index in [0.29, 0.717) is 28.6 Å². The van der Waals surface area contributed by atoms with Crippen molar-refractivity contribution >= 4 is 5.97 Å². The van der Waals surface area contributed by atoms with E-state index < -0.39 is 0 Å². The lowest BCUT2D eigenvalue weighted by Gasteiger charge is -2.42. The molecule has 2 unspecified atom stereocenters. The molecule has 2 rings (SSSR count). The fourth-order valence-electron chi connectivity index (χ4n) is 5.43. The van der Waals surface area contributed by atoms with Crippen LogP contribution in [0.4, 0.5) is 0 Å². The van der Waals surface area contributed by atoms with E-state index in [1.54, 1.807) is 0 Å². The fourth-order valence-corrected chi connectivity index (χ4v) is 5.43. The number of hydrogen-bond acceptors (Lipinski definition) is 2. The molecule has 2 aliphatic carbocycles. The van der Waals surface area contributed by atoms with E-state index in [9.17, 15) is 4.79 Å². The molecule has 28 heavy (non-hydrogen) atoms. The Hall–Kier alpha value is -0.790. The van der Waals surface area contributed by atoms with Gasteiger partial charge < -0.3 is 4.74 Å². The summed E-state index contributed by atoms with van der Waals surface area (Å²) in [6.07, 6.45) is 12.7. The maximum Gasteiger partial charge on any atom is 0.334 e. The number of carbonyl (C=O) groups is 1. The molecule has 1 saturated carbocycles. The number of carbonyl (C=O) groups excluding carboxylic acids is 1. The van der Waals surface area contributed by atoms with E-state index in [-0.39, 0.29) is 11.6 Å². The van der Waals surface area contributed by atoms with E-state index in [0.717, 1.165) is 24.8 Å². The van der Waals surface area contributed by atoms with Crippen molar-refractivity contribution in [2.75, 3.05) is 0 Å². The van der Waals surface area contributed by atoms with Gasteiger partial charge in [0.1, 0.15) is 5.60 Å². The van der Waals surface area contributed by atoms with Crippen LogP contribution in [0.1, 0.15) is 113 Å². The molecule has 162 valence electrons. The van der Waals surface area contributed by atoms with Crippen molar-refractivity contribution in [3.05, 3.63) is 11.6 Å². The minimum atomic E-state index is -0.338. The van der Waals surface area contributed by atoms with Crippen molar-refractivity contribution < 1.29 is 9.53 Å². The molecule has 0 spiro atoms. The molecule has 0 aliphatic heterocycles. The van der Waals surface area contributed by atoms with Gasteiger partial charge in [0.2, 0.25) is 0 Å². The number of hydrogen-bond donors (Lipinski definition) is 0. The molecule has 0 heterocycles.